The number of aromatic nitrogens is 2. The molecule has 1 aliphatic carbocycles. The molecule has 2 aliphatic heterocycles. The maximum Gasteiger partial charge on any atom is 0.226 e. The molecule has 1 saturated heterocycles. The van der Waals surface area contributed by atoms with Crippen LogP contribution in [0.1, 0.15) is 49.9 Å². The predicted molar refractivity (Wildman–Crippen MR) is 135 cm³/mol. The van der Waals surface area contributed by atoms with Crippen molar-refractivity contribution >= 4 is 16.9 Å². The number of amides is 1. The summed E-state index contributed by atoms with van der Waals surface area (Å²) in [6.07, 6.45) is 9.61. The highest BCUT2D eigenvalue weighted by Crippen LogP contribution is 2.42. The summed E-state index contributed by atoms with van der Waals surface area (Å²) in [5, 5.41) is 0. The molecule has 0 atom stereocenters. The van der Waals surface area contributed by atoms with Gasteiger partial charge < -0.3 is 14.6 Å². The highest BCUT2D eigenvalue weighted by Gasteiger charge is 2.34. The molecule has 5 heteroatoms. The summed E-state index contributed by atoms with van der Waals surface area (Å²) in [7, 11) is 0. The highest BCUT2D eigenvalue weighted by molar-refractivity contribution is 5.82. The molecule has 0 unspecified atom stereocenters. The van der Waals surface area contributed by atoms with Crippen molar-refractivity contribution < 1.29 is 9.53 Å². The molecule has 34 heavy (non-hydrogen) atoms. The number of nitrogens with one attached hydrogen (secondary N) is 1. The van der Waals surface area contributed by atoms with Crippen LogP contribution in [0.15, 0.2) is 48.0 Å². The van der Waals surface area contributed by atoms with E-state index in [0.717, 1.165) is 65.9 Å². The number of likely N-dealkylation sites (tertiary alicyclic amines) is 1. The number of aryl methyl sites for hydroxylation is 1. The third kappa shape index (κ3) is 4.48. The Kier molecular flexibility index (Phi) is 5.64. The van der Waals surface area contributed by atoms with E-state index in [1.54, 1.807) is 0 Å². The fourth-order valence-corrected chi connectivity index (χ4v) is 5.68. The first-order valence-electron chi connectivity index (χ1n) is 12.8. The summed E-state index contributed by atoms with van der Waals surface area (Å²) in [6, 6.07) is 12.8. The number of piperidine rings is 1. The van der Waals surface area contributed by atoms with Gasteiger partial charge in [-0.2, -0.15) is 0 Å². The van der Waals surface area contributed by atoms with Crippen molar-refractivity contribution in [2.45, 2.75) is 51.9 Å². The fraction of sp³-hybridized carbons (Fsp3) is 0.448. The number of allylic oxidation sites excluding steroid dienone is 1. The van der Waals surface area contributed by atoms with E-state index in [2.05, 4.69) is 57.3 Å². The van der Waals surface area contributed by atoms with E-state index < -0.39 is 0 Å². The van der Waals surface area contributed by atoms with Crippen molar-refractivity contribution in [1.29, 1.82) is 0 Å². The van der Waals surface area contributed by atoms with E-state index in [1.165, 1.54) is 42.4 Å². The number of rotatable bonds is 4. The van der Waals surface area contributed by atoms with Crippen LogP contribution in [-0.4, -0.2) is 40.5 Å². The Labute approximate surface area is 201 Å². The third-order valence-corrected chi connectivity index (χ3v) is 7.84. The van der Waals surface area contributed by atoms with Crippen molar-refractivity contribution in [3.05, 3.63) is 59.4 Å². The number of H-pyrrole nitrogens is 1. The topological polar surface area (TPSA) is 58.2 Å². The van der Waals surface area contributed by atoms with E-state index in [1.807, 2.05) is 6.92 Å². The number of fused-ring (bicyclic) bond motifs is 2. The summed E-state index contributed by atoms with van der Waals surface area (Å²) in [5.74, 6) is 3.99. The number of aromatic amines is 1. The zero-order valence-corrected chi connectivity index (χ0v) is 20.0. The van der Waals surface area contributed by atoms with Gasteiger partial charge in [0.05, 0.1) is 17.6 Å². The van der Waals surface area contributed by atoms with Crippen molar-refractivity contribution in [2.24, 2.45) is 11.8 Å². The van der Waals surface area contributed by atoms with Crippen LogP contribution >= 0.6 is 0 Å². The Balaban J connectivity index is 1.15. The molecule has 1 amide bonds. The smallest absolute Gasteiger partial charge is 0.226 e. The number of benzene rings is 2. The lowest BCUT2D eigenvalue weighted by atomic mass is 9.91. The van der Waals surface area contributed by atoms with E-state index >= 15 is 0 Å². The zero-order valence-electron chi connectivity index (χ0n) is 20.0. The quantitative estimate of drug-likeness (QED) is 0.504. The molecule has 3 aromatic rings. The molecule has 3 aliphatic rings. The first-order chi connectivity index (χ1) is 16.6. The van der Waals surface area contributed by atoms with Gasteiger partial charge in [-0.05, 0) is 91.8 Å². The summed E-state index contributed by atoms with van der Waals surface area (Å²) in [5.41, 5.74) is 6.76. The molecule has 1 saturated carbocycles. The van der Waals surface area contributed by atoms with Crippen molar-refractivity contribution in [3.63, 3.8) is 0 Å². The Hall–Kier alpha value is -3.08. The van der Waals surface area contributed by atoms with Crippen molar-refractivity contribution in [1.82, 2.24) is 14.9 Å². The van der Waals surface area contributed by atoms with E-state index in [4.69, 9.17) is 4.74 Å². The molecule has 1 aromatic heterocycles. The minimum atomic E-state index is 0.290. The van der Waals surface area contributed by atoms with Crippen LogP contribution in [0.25, 0.3) is 22.2 Å². The Morgan fingerprint density at radius 3 is 2.65 bits per heavy atom. The Morgan fingerprint density at radius 1 is 1.06 bits per heavy atom. The highest BCUT2D eigenvalue weighted by atomic mass is 16.5. The third-order valence-electron chi connectivity index (χ3n) is 7.84. The number of ether oxygens (including phenoxy) is 1. The second kappa shape index (κ2) is 8.94. The van der Waals surface area contributed by atoms with Gasteiger partial charge in [0, 0.05) is 25.9 Å². The second-order valence-electron chi connectivity index (χ2n) is 10.3. The Bertz CT molecular complexity index is 1250. The van der Waals surface area contributed by atoms with Gasteiger partial charge in [0.2, 0.25) is 5.91 Å². The van der Waals surface area contributed by atoms with Gasteiger partial charge >= 0.3 is 0 Å². The molecule has 0 spiro atoms. The lowest BCUT2D eigenvalue weighted by Gasteiger charge is -2.32. The molecule has 2 fully saturated rings. The minimum absolute atomic E-state index is 0.290. The van der Waals surface area contributed by atoms with Gasteiger partial charge in [-0.15, -0.1) is 0 Å². The first kappa shape index (κ1) is 21.5. The van der Waals surface area contributed by atoms with Gasteiger partial charge in [-0.1, -0.05) is 23.8 Å². The molecule has 5 nitrogen and oxygen atoms in total. The van der Waals surface area contributed by atoms with Gasteiger partial charge in [0.1, 0.15) is 11.6 Å². The van der Waals surface area contributed by atoms with E-state index in [0.29, 0.717) is 13.0 Å². The van der Waals surface area contributed by atoms with Crippen LogP contribution in [0.2, 0.25) is 0 Å². The summed E-state index contributed by atoms with van der Waals surface area (Å²) >= 11 is 0. The van der Waals surface area contributed by atoms with Gasteiger partial charge in [-0.3, -0.25) is 4.79 Å². The van der Waals surface area contributed by atoms with Crippen molar-refractivity contribution in [2.75, 3.05) is 19.7 Å². The van der Waals surface area contributed by atoms with E-state index in [9.17, 15) is 4.79 Å². The molecule has 2 aromatic carbocycles. The zero-order chi connectivity index (χ0) is 23.1. The predicted octanol–water partition coefficient (Wildman–Crippen LogP) is 5.83. The van der Waals surface area contributed by atoms with Crippen LogP contribution in [0.5, 0.6) is 5.75 Å². The van der Waals surface area contributed by atoms with Crippen LogP contribution in [0.4, 0.5) is 0 Å². The number of carbonyl (C=O) groups is 1. The van der Waals surface area contributed by atoms with Gasteiger partial charge in [0.25, 0.3) is 0 Å². The van der Waals surface area contributed by atoms with Crippen LogP contribution < -0.4 is 4.74 Å². The number of carbonyl (C=O) groups excluding carboxylic acids is 1. The lowest BCUT2D eigenvalue weighted by molar-refractivity contribution is -0.132. The largest absolute Gasteiger partial charge is 0.493 e. The molecule has 6 rings (SSSR count). The molecule has 0 radical (unpaired) electrons. The normalized spacial score (nSPS) is 20.7. The average Bonchev–Trinajstić information content (AvgIpc) is 3.62. The fourth-order valence-electron chi connectivity index (χ4n) is 5.68. The molecule has 0 bridgehead atoms. The number of nitrogens with zero attached hydrogens (tertiary/aromatic N) is 2. The van der Waals surface area contributed by atoms with Gasteiger partial charge in [0.15, 0.2) is 0 Å². The lowest BCUT2D eigenvalue weighted by Crippen LogP contribution is -2.39. The molecule has 3 heterocycles. The van der Waals surface area contributed by atoms with Crippen LogP contribution in [-0.2, 0) is 11.2 Å². The second-order valence-corrected chi connectivity index (χ2v) is 10.3. The minimum Gasteiger partial charge on any atom is -0.493 e. The van der Waals surface area contributed by atoms with E-state index in [-0.39, 0.29) is 5.91 Å². The summed E-state index contributed by atoms with van der Waals surface area (Å²) in [6.45, 7) is 4.48. The summed E-state index contributed by atoms with van der Waals surface area (Å²) in [4.78, 5) is 22.9. The molecular formula is C29H33N3O2. The maximum absolute atomic E-state index is 13.0. The monoisotopic (exact) mass is 455 g/mol. The number of hydrogen-bond donors (Lipinski definition) is 1. The van der Waals surface area contributed by atoms with Crippen LogP contribution in [0, 0.1) is 18.8 Å². The first-order valence-corrected chi connectivity index (χ1v) is 12.8. The molecule has 1 N–H and O–H groups in total. The maximum atomic E-state index is 13.0. The number of imidazole rings is 1. The SMILES string of the molecule is Cc1nc2ccc(-c3ccc4c(c3)C/C=C(/CC(=O)N3CCC(C5CC5)CC3)CCO4)cc2[nH]1. The number of hydrogen-bond acceptors (Lipinski definition) is 3. The molecular weight excluding hydrogens is 422 g/mol. The van der Waals surface area contributed by atoms with Crippen LogP contribution in [0.3, 0.4) is 0 Å². The van der Waals surface area contributed by atoms with Crippen molar-refractivity contribution in [3.8, 4) is 16.9 Å². The summed E-state index contributed by atoms with van der Waals surface area (Å²) < 4.78 is 6.12. The molecule has 176 valence electrons. The van der Waals surface area contributed by atoms with Gasteiger partial charge in [-0.25, -0.2) is 4.98 Å². The average molecular weight is 456 g/mol. The standard InChI is InChI=1S/C29H33N3O2/c1-19-30-26-8-6-24(18-27(26)31-19)23-7-9-28-25(17-23)3-2-20(12-15-34-28)16-29(33)32-13-10-22(11-14-32)21-4-5-21/h2,6-9,17-18,21-22H,3-5,10-16H2,1H3,(H,30,31)/b20-2+. The Morgan fingerprint density at radius 2 is 1.82 bits per heavy atom.